The van der Waals surface area contributed by atoms with Crippen molar-refractivity contribution < 1.29 is 0 Å². The van der Waals surface area contributed by atoms with Crippen LogP contribution in [0.4, 0.5) is 0 Å². The van der Waals surface area contributed by atoms with E-state index in [2.05, 4.69) is 45.0 Å². The Bertz CT molecular complexity index is 544. The summed E-state index contributed by atoms with van der Waals surface area (Å²) in [4.78, 5) is 0. The van der Waals surface area contributed by atoms with Gasteiger partial charge in [-0.3, -0.25) is 0 Å². The molecule has 0 amide bonds. The van der Waals surface area contributed by atoms with Crippen molar-refractivity contribution in [3.8, 4) is 11.3 Å². The largest absolute Gasteiger partial charge is 0.308 e. The maximum Gasteiger partial charge on any atom is 0.117 e. The molecule has 0 bridgehead atoms. The van der Waals surface area contributed by atoms with E-state index >= 15 is 0 Å². The number of rotatable bonds is 4. The van der Waals surface area contributed by atoms with Crippen LogP contribution in [0, 0.1) is 0 Å². The molecule has 4 heteroatoms. The Balaban J connectivity index is 1.69. The highest BCUT2D eigenvalue weighted by atomic mass is 15.3. The molecule has 2 N–H and O–H groups in total. The Morgan fingerprint density at radius 3 is 2.84 bits per heavy atom. The third-order valence-electron chi connectivity index (χ3n) is 3.49. The first-order valence-corrected chi connectivity index (χ1v) is 6.77. The molecular formula is C15H18N4. The van der Waals surface area contributed by atoms with Gasteiger partial charge in [0.15, 0.2) is 0 Å². The Labute approximate surface area is 112 Å². The summed E-state index contributed by atoms with van der Waals surface area (Å²) in [6, 6.07) is 10.7. The van der Waals surface area contributed by atoms with Gasteiger partial charge in [-0.25, -0.2) is 0 Å². The maximum absolute atomic E-state index is 4.26. The van der Waals surface area contributed by atoms with Crippen LogP contribution in [-0.4, -0.2) is 21.5 Å². The first-order chi connectivity index (χ1) is 9.43. The summed E-state index contributed by atoms with van der Waals surface area (Å²) >= 11 is 0. The topological polar surface area (TPSA) is 53.6 Å². The van der Waals surface area contributed by atoms with Gasteiger partial charge in [-0.1, -0.05) is 42.5 Å². The highest BCUT2D eigenvalue weighted by Gasteiger charge is 2.13. The Kier molecular flexibility index (Phi) is 3.70. The maximum atomic E-state index is 4.26. The van der Waals surface area contributed by atoms with Crippen molar-refractivity contribution >= 4 is 0 Å². The van der Waals surface area contributed by atoms with Crippen LogP contribution < -0.4 is 5.32 Å². The van der Waals surface area contributed by atoms with Crippen LogP contribution in [0.25, 0.3) is 11.3 Å². The summed E-state index contributed by atoms with van der Waals surface area (Å²) in [5.74, 6) is 0. The van der Waals surface area contributed by atoms with E-state index in [0.717, 1.165) is 29.9 Å². The van der Waals surface area contributed by atoms with Crippen molar-refractivity contribution in [1.29, 1.82) is 0 Å². The van der Waals surface area contributed by atoms with Gasteiger partial charge in [0, 0.05) is 18.2 Å². The fraction of sp³-hybridized carbons (Fsp3) is 0.333. The zero-order valence-corrected chi connectivity index (χ0v) is 10.8. The molecular weight excluding hydrogens is 236 g/mol. The molecule has 1 atom stereocenters. The SMILES string of the molecule is C1=CCC(NCc2n[nH]nc2-c2ccccc2)CC1. The smallest absolute Gasteiger partial charge is 0.117 e. The van der Waals surface area contributed by atoms with E-state index in [1.54, 1.807) is 0 Å². The average Bonchev–Trinajstić information content (AvgIpc) is 2.95. The third kappa shape index (κ3) is 2.90. The van der Waals surface area contributed by atoms with Crippen LogP contribution in [0.1, 0.15) is 25.0 Å². The minimum atomic E-state index is 0.560. The molecule has 1 unspecified atom stereocenters. The summed E-state index contributed by atoms with van der Waals surface area (Å²) in [6.07, 6.45) is 7.99. The number of nitrogens with one attached hydrogen (secondary N) is 2. The Hall–Kier alpha value is -1.94. The molecule has 0 aliphatic heterocycles. The second kappa shape index (κ2) is 5.80. The number of hydrogen-bond donors (Lipinski definition) is 2. The van der Waals surface area contributed by atoms with Gasteiger partial charge in [-0.2, -0.15) is 15.4 Å². The standard InChI is InChI=1S/C15H18N4/c1-3-7-12(8-4-1)15-14(17-19-18-15)11-16-13-9-5-2-6-10-13/h1-5,7-8,13,16H,6,9-11H2,(H,17,18,19). The molecule has 0 spiro atoms. The van der Waals surface area contributed by atoms with Gasteiger partial charge < -0.3 is 5.32 Å². The lowest BCUT2D eigenvalue weighted by Crippen LogP contribution is -2.29. The molecule has 19 heavy (non-hydrogen) atoms. The number of benzene rings is 1. The van der Waals surface area contributed by atoms with Crippen LogP contribution in [-0.2, 0) is 6.54 Å². The Morgan fingerprint density at radius 1 is 1.16 bits per heavy atom. The van der Waals surface area contributed by atoms with E-state index in [4.69, 9.17) is 0 Å². The molecule has 98 valence electrons. The van der Waals surface area contributed by atoms with Crippen molar-refractivity contribution in [2.45, 2.75) is 31.8 Å². The monoisotopic (exact) mass is 254 g/mol. The van der Waals surface area contributed by atoms with Crippen molar-refractivity contribution in [2.24, 2.45) is 0 Å². The summed E-state index contributed by atoms with van der Waals surface area (Å²) in [7, 11) is 0. The van der Waals surface area contributed by atoms with Gasteiger partial charge in [-0.15, -0.1) is 0 Å². The molecule has 1 aliphatic rings. The Morgan fingerprint density at radius 2 is 2.05 bits per heavy atom. The van der Waals surface area contributed by atoms with Gasteiger partial charge in [0.1, 0.15) is 11.4 Å². The van der Waals surface area contributed by atoms with Gasteiger partial charge in [0.05, 0.1) is 0 Å². The number of hydrogen-bond acceptors (Lipinski definition) is 3. The molecule has 0 saturated carbocycles. The number of H-pyrrole nitrogens is 1. The van der Waals surface area contributed by atoms with Crippen LogP contribution in [0.15, 0.2) is 42.5 Å². The number of aromatic nitrogens is 3. The fourth-order valence-electron chi connectivity index (χ4n) is 2.42. The predicted octanol–water partition coefficient (Wildman–Crippen LogP) is 2.67. The highest BCUT2D eigenvalue weighted by Crippen LogP contribution is 2.19. The van der Waals surface area contributed by atoms with Crippen molar-refractivity contribution in [3.63, 3.8) is 0 Å². The predicted molar refractivity (Wildman–Crippen MR) is 75.4 cm³/mol. The lowest BCUT2D eigenvalue weighted by atomic mass is 10.0. The molecule has 0 saturated heterocycles. The first kappa shape index (κ1) is 12.1. The van der Waals surface area contributed by atoms with Gasteiger partial charge in [0.25, 0.3) is 0 Å². The zero-order chi connectivity index (χ0) is 12.9. The normalized spacial score (nSPS) is 18.6. The van der Waals surface area contributed by atoms with Gasteiger partial charge >= 0.3 is 0 Å². The lowest BCUT2D eigenvalue weighted by molar-refractivity contribution is 0.471. The minimum Gasteiger partial charge on any atom is -0.308 e. The van der Waals surface area contributed by atoms with Crippen molar-refractivity contribution in [1.82, 2.24) is 20.7 Å². The molecule has 0 fully saturated rings. The van der Waals surface area contributed by atoms with Gasteiger partial charge in [-0.05, 0) is 19.3 Å². The highest BCUT2D eigenvalue weighted by molar-refractivity contribution is 5.60. The summed E-state index contributed by atoms with van der Waals surface area (Å²) in [5.41, 5.74) is 3.04. The van der Waals surface area contributed by atoms with E-state index in [-0.39, 0.29) is 0 Å². The van der Waals surface area contributed by atoms with Crippen molar-refractivity contribution in [2.75, 3.05) is 0 Å². The van der Waals surface area contributed by atoms with Crippen molar-refractivity contribution in [3.05, 3.63) is 48.2 Å². The lowest BCUT2D eigenvalue weighted by Gasteiger charge is -2.18. The van der Waals surface area contributed by atoms with E-state index in [1.807, 2.05) is 18.2 Å². The molecule has 2 aromatic rings. The quantitative estimate of drug-likeness (QED) is 0.825. The van der Waals surface area contributed by atoms with E-state index in [1.165, 1.54) is 12.8 Å². The van der Waals surface area contributed by atoms with Crippen LogP contribution in [0.2, 0.25) is 0 Å². The zero-order valence-electron chi connectivity index (χ0n) is 10.8. The van der Waals surface area contributed by atoms with E-state index in [9.17, 15) is 0 Å². The van der Waals surface area contributed by atoms with Crippen LogP contribution in [0.5, 0.6) is 0 Å². The van der Waals surface area contributed by atoms with Crippen LogP contribution >= 0.6 is 0 Å². The molecule has 0 radical (unpaired) electrons. The fourth-order valence-corrected chi connectivity index (χ4v) is 2.42. The molecule has 4 nitrogen and oxygen atoms in total. The third-order valence-corrected chi connectivity index (χ3v) is 3.49. The summed E-state index contributed by atoms with van der Waals surface area (Å²) in [6.45, 7) is 0.763. The average molecular weight is 254 g/mol. The second-order valence-electron chi connectivity index (χ2n) is 4.85. The summed E-state index contributed by atoms with van der Waals surface area (Å²) < 4.78 is 0. The van der Waals surface area contributed by atoms with Gasteiger partial charge in [0.2, 0.25) is 0 Å². The number of aromatic amines is 1. The molecule has 1 aliphatic carbocycles. The number of nitrogens with zero attached hydrogens (tertiary/aromatic N) is 2. The molecule has 1 heterocycles. The first-order valence-electron chi connectivity index (χ1n) is 6.77. The molecule has 1 aromatic heterocycles. The number of allylic oxidation sites excluding steroid dienone is 1. The molecule has 3 rings (SSSR count). The molecule has 1 aromatic carbocycles. The van der Waals surface area contributed by atoms with E-state index in [0.29, 0.717) is 6.04 Å². The summed E-state index contributed by atoms with van der Waals surface area (Å²) in [5, 5.41) is 14.8. The minimum absolute atomic E-state index is 0.560. The second-order valence-corrected chi connectivity index (χ2v) is 4.85. The van der Waals surface area contributed by atoms with E-state index < -0.39 is 0 Å². The van der Waals surface area contributed by atoms with Crippen LogP contribution in [0.3, 0.4) is 0 Å².